The highest BCUT2D eigenvalue weighted by Crippen LogP contribution is 2.41. The summed E-state index contributed by atoms with van der Waals surface area (Å²) in [6.07, 6.45) is 5.77. The molecule has 4 nitrogen and oxygen atoms in total. The maximum absolute atomic E-state index is 12.9. The van der Waals surface area contributed by atoms with Crippen LogP contribution >= 0.6 is 11.3 Å². The molecule has 0 radical (unpaired) electrons. The number of thiophene rings is 1. The number of nitrogens with one attached hydrogen (secondary N) is 1. The van der Waals surface area contributed by atoms with E-state index in [2.05, 4.69) is 5.32 Å². The van der Waals surface area contributed by atoms with Crippen molar-refractivity contribution in [2.75, 3.05) is 6.54 Å². The van der Waals surface area contributed by atoms with Crippen LogP contribution in [0.1, 0.15) is 37.0 Å². The molecule has 110 valence electrons. The van der Waals surface area contributed by atoms with Gasteiger partial charge in [-0.15, -0.1) is 11.3 Å². The number of fused-ring (bicyclic) bond motifs is 2. The SMILES string of the molecule is O=S(=O)(c1ccsc1CNC1CC1)N1CC2CCC1C2. The van der Waals surface area contributed by atoms with Crippen molar-refractivity contribution >= 4 is 21.4 Å². The molecular weight excluding hydrogens is 292 g/mol. The van der Waals surface area contributed by atoms with Gasteiger partial charge in [-0.25, -0.2) is 8.42 Å². The maximum atomic E-state index is 12.9. The summed E-state index contributed by atoms with van der Waals surface area (Å²) in [6.45, 7) is 1.43. The van der Waals surface area contributed by atoms with Gasteiger partial charge in [-0.05, 0) is 49.5 Å². The first-order valence-electron chi connectivity index (χ1n) is 7.46. The Morgan fingerprint density at radius 2 is 2.15 bits per heavy atom. The molecule has 4 rings (SSSR count). The highest BCUT2D eigenvalue weighted by Gasteiger charge is 2.44. The van der Waals surface area contributed by atoms with E-state index < -0.39 is 10.0 Å². The molecule has 2 unspecified atom stereocenters. The van der Waals surface area contributed by atoms with Crippen molar-refractivity contribution < 1.29 is 8.42 Å². The summed E-state index contributed by atoms with van der Waals surface area (Å²) in [5, 5.41) is 5.33. The highest BCUT2D eigenvalue weighted by atomic mass is 32.2. The predicted molar refractivity (Wildman–Crippen MR) is 79.2 cm³/mol. The van der Waals surface area contributed by atoms with Gasteiger partial charge < -0.3 is 5.32 Å². The number of sulfonamides is 1. The number of hydrogen-bond donors (Lipinski definition) is 1. The normalized spacial score (nSPS) is 30.2. The Labute approximate surface area is 124 Å². The minimum Gasteiger partial charge on any atom is -0.309 e. The average Bonchev–Trinajstić information content (AvgIpc) is 2.87. The lowest BCUT2D eigenvalue weighted by atomic mass is 10.1. The quantitative estimate of drug-likeness (QED) is 0.906. The van der Waals surface area contributed by atoms with Gasteiger partial charge in [0.2, 0.25) is 10.0 Å². The topological polar surface area (TPSA) is 49.4 Å². The van der Waals surface area contributed by atoms with Crippen LogP contribution in [-0.4, -0.2) is 31.4 Å². The Balaban J connectivity index is 1.57. The fraction of sp³-hybridized carbons (Fsp3) is 0.714. The second-order valence-corrected chi connectivity index (χ2v) is 9.13. The smallest absolute Gasteiger partial charge is 0.244 e. The van der Waals surface area contributed by atoms with E-state index in [9.17, 15) is 8.42 Å². The van der Waals surface area contributed by atoms with Gasteiger partial charge in [0.1, 0.15) is 0 Å². The molecule has 1 aromatic heterocycles. The van der Waals surface area contributed by atoms with Gasteiger partial charge in [0.25, 0.3) is 0 Å². The van der Waals surface area contributed by atoms with Gasteiger partial charge in [-0.3, -0.25) is 0 Å². The van der Waals surface area contributed by atoms with E-state index in [1.807, 2.05) is 5.38 Å². The van der Waals surface area contributed by atoms with Gasteiger partial charge in [0, 0.05) is 30.1 Å². The van der Waals surface area contributed by atoms with Crippen molar-refractivity contribution in [1.29, 1.82) is 0 Å². The minimum atomic E-state index is -3.28. The zero-order valence-electron chi connectivity index (χ0n) is 11.4. The van der Waals surface area contributed by atoms with E-state index in [-0.39, 0.29) is 6.04 Å². The van der Waals surface area contributed by atoms with E-state index in [4.69, 9.17) is 0 Å². The summed E-state index contributed by atoms with van der Waals surface area (Å²) in [5.41, 5.74) is 0. The number of nitrogens with zero attached hydrogens (tertiary/aromatic N) is 1. The molecule has 2 saturated carbocycles. The molecule has 1 aromatic rings. The number of rotatable bonds is 5. The van der Waals surface area contributed by atoms with Crippen molar-refractivity contribution in [1.82, 2.24) is 9.62 Å². The molecule has 3 aliphatic rings. The average molecular weight is 312 g/mol. The molecule has 1 aliphatic heterocycles. The predicted octanol–water partition coefficient (Wildman–Crippen LogP) is 2.17. The Bertz CT molecular complexity index is 606. The molecule has 6 heteroatoms. The molecule has 3 fully saturated rings. The van der Waals surface area contributed by atoms with Crippen molar-refractivity contribution in [2.24, 2.45) is 5.92 Å². The summed E-state index contributed by atoms with van der Waals surface area (Å²) in [7, 11) is -3.28. The van der Waals surface area contributed by atoms with Gasteiger partial charge in [-0.2, -0.15) is 4.31 Å². The van der Waals surface area contributed by atoms with Crippen LogP contribution in [-0.2, 0) is 16.6 Å². The highest BCUT2D eigenvalue weighted by molar-refractivity contribution is 7.89. The molecule has 0 spiro atoms. The zero-order valence-corrected chi connectivity index (χ0v) is 13.0. The zero-order chi connectivity index (χ0) is 13.7. The number of hydrogen-bond acceptors (Lipinski definition) is 4. The number of piperidine rings is 1. The van der Waals surface area contributed by atoms with Crippen LogP contribution < -0.4 is 5.32 Å². The molecule has 0 aromatic carbocycles. The molecule has 20 heavy (non-hydrogen) atoms. The lowest BCUT2D eigenvalue weighted by Crippen LogP contribution is -2.37. The molecule has 2 heterocycles. The Hall–Kier alpha value is -0.430. The summed E-state index contributed by atoms with van der Waals surface area (Å²) in [4.78, 5) is 1.52. The molecule has 2 bridgehead atoms. The van der Waals surface area contributed by atoms with Gasteiger partial charge in [-0.1, -0.05) is 0 Å². The van der Waals surface area contributed by atoms with Crippen molar-refractivity contribution in [3.8, 4) is 0 Å². The first-order chi connectivity index (χ1) is 9.64. The van der Waals surface area contributed by atoms with Crippen LogP contribution in [0.4, 0.5) is 0 Å². The van der Waals surface area contributed by atoms with Crippen LogP contribution in [0, 0.1) is 5.92 Å². The summed E-state index contributed by atoms with van der Waals surface area (Å²) < 4.78 is 27.5. The fourth-order valence-electron chi connectivity index (χ4n) is 3.51. The van der Waals surface area contributed by atoms with Gasteiger partial charge in [0.15, 0.2) is 0 Å². The van der Waals surface area contributed by atoms with Crippen molar-refractivity contribution in [2.45, 2.75) is 55.6 Å². The van der Waals surface area contributed by atoms with E-state index in [1.54, 1.807) is 21.7 Å². The van der Waals surface area contributed by atoms with Crippen LogP contribution in [0.5, 0.6) is 0 Å². The molecule has 1 N–H and O–H groups in total. The largest absolute Gasteiger partial charge is 0.309 e. The molecule has 0 amide bonds. The Kier molecular flexibility index (Phi) is 3.18. The minimum absolute atomic E-state index is 0.258. The first-order valence-corrected chi connectivity index (χ1v) is 9.78. The van der Waals surface area contributed by atoms with Crippen LogP contribution in [0.2, 0.25) is 0 Å². The Morgan fingerprint density at radius 1 is 1.30 bits per heavy atom. The first kappa shape index (κ1) is 13.2. The van der Waals surface area contributed by atoms with Crippen LogP contribution in [0.3, 0.4) is 0 Å². The standard InChI is InChI=1S/C14H20N2O2S2/c17-20(18,16-9-10-1-4-12(16)7-10)14-5-6-19-13(14)8-15-11-2-3-11/h5-6,10-12,15H,1-4,7-9H2. The van der Waals surface area contributed by atoms with E-state index in [0.29, 0.717) is 23.4 Å². The molecule has 2 aliphatic carbocycles. The summed E-state index contributed by atoms with van der Waals surface area (Å²) in [6, 6.07) is 2.65. The molecule has 2 atom stereocenters. The monoisotopic (exact) mass is 312 g/mol. The Morgan fingerprint density at radius 3 is 2.80 bits per heavy atom. The second-order valence-electron chi connectivity index (χ2n) is 6.27. The third kappa shape index (κ3) is 2.22. The molecular formula is C14H20N2O2S2. The van der Waals surface area contributed by atoms with E-state index in [1.165, 1.54) is 19.3 Å². The summed E-state index contributed by atoms with van der Waals surface area (Å²) in [5.74, 6) is 0.599. The van der Waals surface area contributed by atoms with Crippen molar-refractivity contribution in [3.63, 3.8) is 0 Å². The van der Waals surface area contributed by atoms with Crippen LogP contribution in [0.15, 0.2) is 16.3 Å². The lowest BCUT2D eigenvalue weighted by molar-refractivity contribution is 0.333. The lowest BCUT2D eigenvalue weighted by Gasteiger charge is -2.26. The van der Waals surface area contributed by atoms with E-state index >= 15 is 0 Å². The van der Waals surface area contributed by atoms with Gasteiger partial charge in [0.05, 0.1) is 4.90 Å². The fourth-order valence-corrected chi connectivity index (χ4v) is 6.62. The second kappa shape index (κ2) is 4.80. The van der Waals surface area contributed by atoms with Crippen LogP contribution in [0.25, 0.3) is 0 Å². The van der Waals surface area contributed by atoms with Crippen molar-refractivity contribution in [3.05, 3.63) is 16.3 Å². The maximum Gasteiger partial charge on any atom is 0.244 e. The molecule has 1 saturated heterocycles. The van der Waals surface area contributed by atoms with Gasteiger partial charge >= 0.3 is 0 Å². The third-order valence-corrected chi connectivity index (χ3v) is 7.83. The summed E-state index contributed by atoms with van der Waals surface area (Å²) >= 11 is 1.56. The third-order valence-electron chi connectivity index (χ3n) is 4.78. The van der Waals surface area contributed by atoms with E-state index in [0.717, 1.165) is 24.3 Å².